The van der Waals surface area contributed by atoms with E-state index in [0.29, 0.717) is 10.6 Å². The van der Waals surface area contributed by atoms with Gasteiger partial charge in [-0.05, 0) is 24.0 Å². The highest BCUT2D eigenvalue weighted by molar-refractivity contribution is 6.49. The molecule has 1 aliphatic rings. The van der Waals surface area contributed by atoms with Gasteiger partial charge in [0.05, 0.1) is 11.1 Å². The van der Waals surface area contributed by atoms with E-state index in [1.807, 2.05) is 18.2 Å². The number of hydrogen-bond donors (Lipinski definition) is 0. The number of nitrogens with zero attached hydrogens (tertiary/aromatic N) is 1. The van der Waals surface area contributed by atoms with Crippen molar-refractivity contribution in [1.82, 2.24) is 0 Å². The van der Waals surface area contributed by atoms with Crippen LogP contribution in [0.25, 0.3) is 5.03 Å². The van der Waals surface area contributed by atoms with E-state index >= 15 is 0 Å². The van der Waals surface area contributed by atoms with Gasteiger partial charge in [0.2, 0.25) is 0 Å². The van der Waals surface area contributed by atoms with Crippen LogP contribution >= 0.6 is 11.6 Å². The van der Waals surface area contributed by atoms with Gasteiger partial charge < -0.3 is 0 Å². The summed E-state index contributed by atoms with van der Waals surface area (Å²) in [6.45, 7) is 0. The third kappa shape index (κ3) is 1.34. The highest BCUT2D eigenvalue weighted by Gasteiger charge is 2.16. The molecule has 0 N–H and O–H groups in total. The number of hydrogen-bond acceptors (Lipinski definition) is 1. The molecule has 1 aromatic rings. The lowest BCUT2D eigenvalue weighted by Gasteiger charge is -2.15. The first-order valence-electron chi connectivity index (χ1n) is 4.20. The molecule has 0 radical (unpaired) electrons. The van der Waals surface area contributed by atoms with Crippen molar-refractivity contribution in [1.29, 1.82) is 5.26 Å². The summed E-state index contributed by atoms with van der Waals surface area (Å²) in [4.78, 5) is 0. The molecule has 0 fully saturated rings. The van der Waals surface area contributed by atoms with Gasteiger partial charge in [0.1, 0.15) is 0 Å². The van der Waals surface area contributed by atoms with Gasteiger partial charge in [0.25, 0.3) is 0 Å². The molecule has 0 atom stereocenters. The topological polar surface area (TPSA) is 23.8 Å². The normalized spacial score (nSPS) is 15.1. The second-order valence-electron chi connectivity index (χ2n) is 3.06. The number of aryl methyl sites for hydroxylation is 1. The lowest BCUT2D eigenvalue weighted by molar-refractivity contribution is 0.950. The Hall–Kier alpha value is -1.26. The van der Waals surface area contributed by atoms with E-state index in [9.17, 15) is 0 Å². The lowest BCUT2D eigenvalue weighted by atomic mass is 9.93. The maximum absolute atomic E-state index is 8.79. The molecule has 0 aliphatic heterocycles. The van der Waals surface area contributed by atoms with E-state index in [-0.39, 0.29) is 0 Å². The number of rotatable bonds is 0. The number of halogens is 1. The Morgan fingerprint density at radius 1 is 1.23 bits per heavy atom. The molecule has 0 saturated carbocycles. The average molecular weight is 190 g/mol. The minimum atomic E-state index is 0.629. The lowest BCUT2D eigenvalue weighted by Crippen LogP contribution is -2.00. The maximum Gasteiger partial charge on any atom is 0.0963 e. The molecule has 2 rings (SSSR count). The molecule has 64 valence electrons. The Balaban J connectivity index is 2.60. The SMILES string of the molecule is N#CC1=C(Cl)c2ccccc2CC1. The van der Waals surface area contributed by atoms with Crippen molar-refractivity contribution in [3.8, 4) is 6.07 Å². The van der Waals surface area contributed by atoms with Crippen molar-refractivity contribution in [2.75, 3.05) is 0 Å². The van der Waals surface area contributed by atoms with Crippen LogP contribution < -0.4 is 0 Å². The molecular weight excluding hydrogens is 182 g/mol. The zero-order chi connectivity index (χ0) is 9.26. The van der Waals surface area contributed by atoms with Crippen LogP contribution in [-0.4, -0.2) is 0 Å². The van der Waals surface area contributed by atoms with Crippen LogP contribution in [-0.2, 0) is 6.42 Å². The molecule has 13 heavy (non-hydrogen) atoms. The summed E-state index contributed by atoms with van der Waals surface area (Å²) >= 11 is 6.07. The van der Waals surface area contributed by atoms with Crippen LogP contribution in [0, 0.1) is 11.3 Å². The van der Waals surface area contributed by atoms with Crippen LogP contribution in [0.1, 0.15) is 17.5 Å². The number of allylic oxidation sites excluding steroid dienone is 1. The molecule has 0 saturated heterocycles. The van der Waals surface area contributed by atoms with Gasteiger partial charge >= 0.3 is 0 Å². The Morgan fingerprint density at radius 2 is 2.00 bits per heavy atom. The highest BCUT2D eigenvalue weighted by Crippen LogP contribution is 2.33. The Morgan fingerprint density at radius 3 is 2.77 bits per heavy atom. The third-order valence-corrected chi connectivity index (χ3v) is 2.73. The third-order valence-electron chi connectivity index (χ3n) is 2.30. The van der Waals surface area contributed by atoms with Crippen molar-refractivity contribution in [2.24, 2.45) is 0 Å². The van der Waals surface area contributed by atoms with Crippen LogP contribution in [0.2, 0.25) is 0 Å². The smallest absolute Gasteiger partial charge is 0.0963 e. The molecule has 2 heteroatoms. The molecule has 1 nitrogen and oxygen atoms in total. The minimum absolute atomic E-state index is 0.629. The van der Waals surface area contributed by atoms with Gasteiger partial charge in [-0.25, -0.2) is 0 Å². The van der Waals surface area contributed by atoms with Crippen LogP contribution in [0.15, 0.2) is 29.8 Å². The van der Waals surface area contributed by atoms with Crippen molar-refractivity contribution < 1.29 is 0 Å². The van der Waals surface area contributed by atoms with Crippen molar-refractivity contribution >= 4 is 16.6 Å². The van der Waals surface area contributed by atoms with E-state index in [0.717, 1.165) is 18.4 Å². The fraction of sp³-hybridized carbons (Fsp3) is 0.182. The van der Waals surface area contributed by atoms with Gasteiger partial charge in [-0.15, -0.1) is 0 Å². The highest BCUT2D eigenvalue weighted by atomic mass is 35.5. The van der Waals surface area contributed by atoms with Gasteiger partial charge in [-0.2, -0.15) is 5.26 Å². The van der Waals surface area contributed by atoms with E-state index in [1.54, 1.807) is 0 Å². The van der Waals surface area contributed by atoms with Gasteiger partial charge in [0, 0.05) is 5.57 Å². The van der Waals surface area contributed by atoms with Crippen molar-refractivity contribution in [3.05, 3.63) is 41.0 Å². The van der Waals surface area contributed by atoms with Crippen LogP contribution in [0.4, 0.5) is 0 Å². The zero-order valence-electron chi connectivity index (χ0n) is 7.05. The molecule has 0 bridgehead atoms. The molecule has 0 heterocycles. The summed E-state index contributed by atoms with van der Waals surface area (Å²) in [6, 6.07) is 10.1. The minimum Gasteiger partial charge on any atom is -0.193 e. The van der Waals surface area contributed by atoms with E-state index in [4.69, 9.17) is 16.9 Å². The summed E-state index contributed by atoms with van der Waals surface area (Å²) in [5.41, 5.74) is 2.97. The van der Waals surface area contributed by atoms with E-state index in [1.165, 1.54) is 5.56 Å². The first-order valence-corrected chi connectivity index (χ1v) is 4.58. The van der Waals surface area contributed by atoms with Crippen molar-refractivity contribution in [2.45, 2.75) is 12.8 Å². The molecule has 1 aromatic carbocycles. The fourth-order valence-electron chi connectivity index (χ4n) is 1.59. The van der Waals surface area contributed by atoms with Crippen LogP contribution in [0.3, 0.4) is 0 Å². The molecule has 0 amide bonds. The monoisotopic (exact) mass is 189 g/mol. The number of fused-ring (bicyclic) bond motifs is 1. The predicted octanol–water partition coefficient (Wildman–Crippen LogP) is 3.11. The fourth-order valence-corrected chi connectivity index (χ4v) is 1.91. The summed E-state index contributed by atoms with van der Waals surface area (Å²) < 4.78 is 0. The molecule has 0 spiro atoms. The predicted molar refractivity (Wildman–Crippen MR) is 53.1 cm³/mol. The van der Waals surface area contributed by atoms with Gasteiger partial charge in [-0.3, -0.25) is 0 Å². The first kappa shape index (κ1) is 8.34. The Labute approximate surface area is 82.3 Å². The number of benzene rings is 1. The van der Waals surface area contributed by atoms with Crippen molar-refractivity contribution in [3.63, 3.8) is 0 Å². The second kappa shape index (κ2) is 3.24. The summed E-state index contributed by atoms with van der Waals surface area (Å²) in [7, 11) is 0. The van der Waals surface area contributed by atoms with E-state index < -0.39 is 0 Å². The molecule has 0 unspecified atom stereocenters. The molecular formula is C11H8ClN. The second-order valence-corrected chi connectivity index (χ2v) is 3.44. The van der Waals surface area contributed by atoms with Crippen LogP contribution in [0.5, 0.6) is 0 Å². The standard InChI is InChI=1S/C11H8ClN/c12-11-9(7-13)6-5-8-3-1-2-4-10(8)11/h1-4H,5-6H2. The Kier molecular flexibility index (Phi) is 2.08. The number of nitriles is 1. The summed E-state index contributed by atoms with van der Waals surface area (Å²) in [5.74, 6) is 0. The molecule has 1 aliphatic carbocycles. The molecule has 0 aromatic heterocycles. The Bertz CT molecular complexity index is 412. The quantitative estimate of drug-likeness (QED) is 0.615. The largest absolute Gasteiger partial charge is 0.193 e. The van der Waals surface area contributed by atoms with Gasteiger partial charge in [0.15, 0.2) is 0 Å². The maximum atomic E-state index is 8.79. The summed E-state index contributed by atoms with van der Waals surface area (Å²) in [6.07, 6.45) is 1.70. The summed E-state index contributed by atoms with van der Waals surface area (Å²) in [5, 5.41) is 9.42. The van der Waals surface area contributed by atoms with E-state index in [2.05, 4.69) is 12.1 Å². The van der Waals surface area contributed by atoms with Gasteiger partial charge in [-0.1, -0.05) is 35.9 Å². The first-order chi connectivity index (χ1) is 6.33. The average Bonchev–Trinajstić information content (AvgIpc) is 2.19. The zero-order valence-corrected chi connectivity index (χ0v) is 7.80.